The topological polar surface area (TPSA) is 83.2 Å². The molecule has 116 valence electrons. The lowest BCUT2D eigenvalue weighted by Crippen LogP contribution is -2.17. The summed E-state index contributed by atoms with van der Waals surface area (Å²) in [6.07, 6.45) is -7.97. The van der Waals surface area contributed by atoms with Crippen LogP contribution >= 0.6 is 0 Å². The largest absolute Gasteiger partial charge is 0.346 e. The third kappa shape index (κ3) is 2.48. The van der Waals surface area contributed by atoms with Crippen LogP contribution in [0.3, 0.4) is 0 Å². The van der Waals surface area contributed by atoms with E-state index in [1.54, 1.807) is 18.3 Å². The molecule has 1 aliphatic rings. The molecule has 6 heteroatoms. The van der Waals surface area contributed by atoms with Crippen molar-refractivity contribution in [2.75, 3.05) is 0 Å². The van der Waals surface area contributed by atoms with Crippen molar-refractivity contribution in [2.24, 2.45) is 5.92 Å². The molecule has 0 unspecified atom stereocenters. The summed E-state index contributed by atoms with van der Waals surface area (Å²) in [6, 6.07) is 0.999. The van der Waals surface area contributed by atoms with Crippen molar-refractivity contribution in [3.05, 3.63) is 31.0 Å². The number of hydrogen-bond acceptors (Lipinski definition) is 4. The number of nitrogens with one attached hydrogen (secondary N) is 1. The summed E-state index contributed by atoms with van der Waals surface area (Å²) >= 11 is 0. The summed E-state index contributed by atoms with van der Waals surface area (Å²) in [4.78, 5) is 11.2. The fourth-order valence-corrected chi connectivity index (χ4v) is 2.52. The smallest absolute Gasteiger partial charge is 0.141 e. The van der Waals surface area contributed by atoms with Gasteiger partial charge >= 0.3 is 0 Å². The molecule has 0 aromatic carbocycles. The van der Waals surface area contributed by atoms with Crippen LogP contribution in [0.1, 0.15) is 50.3 Å². The van der Waals surface area contributed by atoms with Gasteiger partial charge in [0.1, 0.15) is 12.0 Å². The summed E-state index contributed by atoms with van der Waals surface area (Å²) in [7, 11) is 0. The summed E-state index contributed by atoms with van der Waals surface area (Å²) in [6.45, 7) is 0. The third-order valence-electron chi connectivity index (χ3n) is 3.59. The fourth-order valence-electron chi connectivity index (χ4n) is 2.52. The number of aromatic nitrogens is 5. The molecule has 6 nitrogen and oxygen atoms in total. The van der Waals surface area contributed by atoms with Gasteiger partial charge in [0.15, 0.2) is 0 Å². The first-order chi connectivity index (χ1) is 14.7. The van der Waals surface area contributed by atoms with Gasteiger partial charge in [0.2, 0.25) is 0 Å². The summed E-state index contributed by atoms with van der Waals surface area (Å²) in [5.41, 5.74) is 1.36. The van der Waals surface area contributed by atoms with Crippen LogP contribution in [0.4, 0.5) is 0 Å². The second kappa shape index (κ2) is 5.84. The predicted octanol–water partition coefficient (Wildman–Crippen LogP) is 3.47. The van der Waals surface area contributed by atoms with E-state index in [0.29, 0.717) is 22.3 Å². The molecule has 0 aliphatic heterocycles. The van der Waals surface area contributed by atoms with Crippen molar-refractivity contribution in [3.8, 4) is 17.3 Å². The van der Waals surface area contributed by atoms with Gasteiger partial charge in [-0.25, -0.2) is 9.97 Å². The number of H-pyrrole nitrogens is 1. The number of rotatable bonds is 4. The highest BCUT2D eigenvalue weighted by atomic mass is 15.3. The summed E-state index contributed by atoms with van der Waals surface area (Å²) in [5.74, 6) is -2.20. The highest BCUT2D eigenvalue weighted by molar-refractivity contribution is 5.89. The maximum Gasteiger partial charge on any atom is 0.141 e. The molecule has 0 radical (unpaired) electrons. The van der Waals surface area contributed by atoms with Crippen LogP contribution in [0, 0.1) is 17.2 Å². The average molecular weight is 315 g/mol. The Labute approximate surface area is 146 Å². The van der Waals surface area contributed by atoms with Crippen LogP contribution < -0.4 is 0 Å². The highest BCUT2D eigenvalue weighted by Gasteiger charge is 2.27. The molecule has 3 heterocycles. The second-order valence-corrected chi connectivity index (χ2v) is 4.93. The minimum absolute atomic E-state index is 0.386. The van der Waals surface area contributed by atoms with Crippen molar-refractivity contribution in [1.82, 2.24) is 24.7 Å². The van der Waals surface area contributed by atoms with Crippen LogP contribution in [0.2, 0.25) is 0 Å². The molecule has 1 saturated carbocycles. The second-order valence-electron chi connectivity index (χ2n) is 4.93. The molecule has 0 saturated heterocycles. The van der Waals surface area contributed by atoms with Gasteiger partial charge in [0, 0.05) is 34.3 Å². The maximum absolute atomic E-state index is 9.39. The summed E-state index contributed by atoms with van der Waals surface area (Å²) in [5, 5.41) is 14.1. The van der Waals surface area contributed by atoms with Gasteiger partial charge in [-0.3, -0.25) is 4.68 Å². The quantitative estimate of drug-likeness (QED) is 0.799. The fraction of sp³-hybridized carbons (Fsp3) is 0.412. The van der Waals surface area contributed by atoms with E-state index in [4.69, 9.17) is 12.3 Å². The average Bonchev–Trinajstić information content (AvgIpc) is 3.37. The highest BCUT2D eigenvalue weighted by Crippen LogP contribution is 2.36. The minimum atomic E-state index is -3.27. The lowest BCUT2D eigenvalue weighted by molar-refractivity contribution is 0.315. The van der Waals surface area contributed by atoms with E-state index in [2.05, 4.69) is 20.1 Å². The normalized spacial score (nSPS) is 32.6. The monoisotopic (exact) mass is 315 g/mol. The first kappa shape index (κ1) is 7.26. The van der Waals surface area contributed by atoms with Crippen molar-refractivity contribution in [2.45, 2.75) is 37.9 Å². The van der Waals surface area contributed by atoms with Crippen molar-refractivity contribution >= 4 is 11.0 Å². The molecule has 1 N–H and O–H groups in total. The zero-order valence-electron chi connectivity index (χ0n) is 20.9. The van der Waals surface area contributed by atoms with E-state index in [1.807, 2.05) is 0 Å². The van der Waals surface area contributed by atoms with E-state index < -0.39 is 43.8 Å². The van der Waals surface area contributed by atoms with E-state index in [0.717, 1.165) is 4.68 Å². The Kier molecular flexibility index (Phi) is 1.84. The predicted molar refractivity (Wildman–Crippen MR) is 86.3 cm³/mol. The van der Waals surface area contributed by atoms with Crippen LogP contribution in [-0.2, 0) is 0 Å². The Morgan fingerprint density at radius 1 is 1.48 bits per heavy atom. The molecule has 0 bridgehead atoms. The van der Waals surface area contributed by atoms with Crippen LogP contribution in [0.15, 0.2) is 31.0 Å². The van der Waals surface area contributed by atoms with E-state index in [-0.39, 0.29) is 0 Å². The Balaban J connectivity index is 1.89. The van der Waals surface area contributed by atoms with Gasteiger partial charge < -0.3 is 4.98 Å². The van der Waals surface area contributed by atoms with E-state index in [9.17, 15) is 5.26 Å². The molecular formula is C17H18N6. The lowest BCUT2D eigenvalue weighted by Gasteiger charge is -2.21. The first-order valence-corrected chi connectivity index (χ1v) is 6.94. The van der Waals surface area contributed by atoms with E-state index >= 15 is 0 Å². The molecule has 0 spiro atoms. The SMILES string of the molecule is [2H]C1([2H])C([C@]([2H])(CC#N)n2cc(-c3ncnc4[nH]ccc34)cn2)C([2H])([2H])C([2H])([2H])C1([2H])[2H]. The van der Waals surface area contributed by atoms with E-state index in [1.165, 1.54) is 18.7 Å². The number of fused-ring (bicyclic) bond motifs is 1. The minimum Gasteiger partial charge on any atom is -0.346 e. The van der Waals surface area contributed by atoms with Gasteiger partial charge in [-0.05, 0) is 24.7 Å². The zero-order chi connectivity index (χ0) is 23.7. The van der Waals surface area contributed by atoms with Crippen LogP contribution in [0.25, 0.3) is 22.3 Å². The molecule has 3 aromatic rings. The number of hydrogen-bond donors (Lipinski definition) is 1. The van der Waals surface area contributed by atoms with Gasteiger partial charge in [-0.2, -0.15) is 10.4 Å². The van der Waals surface area contributed by atoms with Crippen LogP contribution in [0.5, 0.6) is 0 Å². The number of aromatic amines is 1. The van der Waals surface area contributed by atoms with Crippen molar-refractivity contribution < 1.29 is 12.3 Å². The number of nitriles is 1. The first-order valence-electron chi connectivity index (χ1n) is 11.4. The molecule has 3 aromatic heterocycles. The Bertz CT molecular complexity index is 1200. The number of nitrogens with zero attached hydrogens (tertiary/aromatic N) is 5. The maximum atomic E-state index is 9.39. The molecule has 4 rings (SSSR count). The molecule has 0 amide bonds. The molecular weight excluding hydrogens is 288 g/mol. The summed E-state index contributed by atoms with van der Waals surface area (Å²) < 4.78 is 75.2. The molecule has 1 fully saturated rings. The third-order valence-corrected chi connectivity index (χ3v) is 3.59. The standard InChI is InChI=1S/C17H18N6/c18-7-5-15(12-3-1-2-4-12)23-10-13(9-22-23)16-14-6-8-19-17(14)21-11-20-16/h6,8-12,15H,1-5H2,(H,19,20,21)/t15-/m0/s1/i1D2,2D2,3D2,4D2,15D. The van der Waals surface area contributed by atoms with Gasteiger partial charge in [0.05, 0.1) is 31.8 Å². The zero-order valence-corrected chi connectivity index (χ0v) is 11.9. The Morgan fingerprint density at radius 3 is 3.17 bits per heavy atom. The van der Waals surface area contributed by atoms with Gasteiger partial charge in [-0.1, -0.05) is 12.7 Å². The van der Waals surface area contributed by atoms with Crippen molar-refractivity contribution in [1.29, 1.82) is 5.26 Å². The lowest BCUT2D eigenvalue weighted by atomic mass is 9.96. The Morgan fingerprint density at radius 2 is 2.35 bits per heavy atom. The Hall–Kier alpha value is -2.68. The molecule has 23 heavy (non-hydrogen) atoms. The van der Waals surface area contributed by atoms with Crippen LogP contribution in [-0.4, -0.2) is 24.7 Å². The van der Waals surface area contributed by atoms with Crippen molar-refractivity contribution in [3.63, 3.8) is 0 Å². The van der Waals surface area contributed by atoms with Gasteiger partial charge in [-0.15, -0.1) is 0 Å². The molecule has 1 aliphatic carbocycles. The molecule has 1 atom stereocenters. The van der Waals surface area contributed by atoms with Gasteiger partial charge in [0.25, 0.3) is 0 Å².